The maximum Gasteiger partial charge on any atom is 0.275 e. The fourth-order valence-electron chi connectivity index (χ4n) is 3.34. The standard InChI is InChI=1S/C24H27N3O3/c1-5-14-26(16-18-10-12-19(30-4)13-11-18)24(29)22-20-8-6-7-9-21(20)23(28)27(25-22)15-17(2)3/h5-13,17H,1,14-16H2,2-4H3. The van der Waals surface area contributed by atoms with E-state index in [1.807, 2.05) is 44.2 Å². The van der Waals surface area contributed by atoms with E-state index in [2.05, 4.69) is 11.7 Å². The van der Waals surface area contributed by atoms with Crippen molar-refractivity contribution in [3.63, 3.8) is 0 Å². The first-order valence-electron chi connectivity index (χ1n) is 9.97. The molecule has 0 N–H and O–H groups in total. The number of carbonyl (C=O) groups excluding carboxylic acids is 1. The minimum absolute atomic E-state index is 0.179. The Hall–Kier alpha value is -3.41. The largest absolute Gasteiger partial charge is 0.497 e. The van der Waals surface area contributed by atoms with Crippen molar-refractivity contribution in [2.75, 3.05) is 13.7 Å². The van der Waals surface area contributed by atoms with Gasteiger partial charge in [0.25, 0.3) is 11.5 Å². The number of hydrogen-bond acceptors (Lipinski definition) is 4. The van der Waals surface area contributed by atoms with Crippen LogP contribution in [0, 0.1) is 5.92 Å². The molecular weight excluding hydrogens is 378 g/mol. The first kappa shape index (κ1) is 21.3. The van der Waals surface area contributed by atoms with Gasteiger partial charge in [-0.1, -0.05) is 50.3 Å². The van der Waals surface area contributed by atoms with Crippen molar-refractivity contribution in [1.29, 1.82) is 0 Å². The molecule has 1 aromatic heterocycles. The smallest absolute Gasteiger partial charge is 0.275 e. The number of ether oxygens (including phenoxy) is 1. The van der Waals surface area contributed by atoms with Crippen LogP contribution in [0.25, 0.3) is 10.8 Å². The van der Waals surface area contributed by atoms with Gasteiger partial charge in [0.15, 0.2) is 5.69 Å². The molecule has 0 unspecified atom stereocenters. The lowest BCUT2D eigenvalue weighted by Crippen LogP contribution is -2.35. The predicted octanol–water partition coefficient (Wildman–Crippen LogP) is 3.89. The van der Waals surface area contributed by atoms with E-state index in [0.717, 1.165) is 11.3 Å². The molecule has 0 bridgehead atoms. The molecule has 0 radical (unpaired) electrons. The zero-order valence-corrected chi connectivity index (χ0v) is 17.7. The van der Waals surface area contributed by atoms with Crippen LogP contribution in [0.4, 0.5) is 0 Å². The summed E-state index contributed by atoms with van der Waals surface area (Å²) in [6.45, 7) is 9.02. The van der Waals surface area contributed by atoms with E-state index in [-0.39, 0.29) is 23.1 Å². The Kier molecular flexibility index (Phi) is 6.67. The third-order valence-corrected chi connectivity index (χ3v) is 4.78. The molecule has 0 aliphatic rings. The van der Waals surface area contributed by atoms with Crippen molar-refractivity contribution in [2.45, 2.75) is 26.9 Å². The molecule has 0 aliphatic carbocycles. The van der Waals surface area contributed by atoms with Gasteiger partial charge in [0.1, 0.15) is 5.75 Å². The first-order chi connectivity index (χ1) is 14.4. The molecule has 1 amide bonds. The van der Waals surface area contributed by atoms with Crippen molar-refractivity contribution in [1.82, 2.24) is 14.7 Å². The summed E-state index contributed by atoms with van der Waals surface area (Å²) in [6.07, 6.45) is 1.69. The quantitative estimate of drug-likeness (QED) is 0.534. The van der Waals surface area contributed by atoms with Crippen molar-refractivity contribution in [3.05, 3.63) is 82.8 Å². The minimum atomic E-state index is -0.237. The molecule has 0 atom stereocenters. The normalized spacial score (nSPS) is 10.9. The number of amides is 1. The topological polar surface area (TPSA) is 64.4 Å². The van der Waals surface area contributed by atoms with E-state index >= 15 is 0 Å². The Labute approximate surface area is 176 Å². The summed E-state index contributed by atoms with van der Waals surface area (Å²) in [7, 11) is 1.62. The Balaban J connectivity index is 2.04. The molecule has 6 nitrogen and oxygen atoms in total. The number of carbonyl (C=O) groups is 1. The van der Waals surface area contributed by atoms with Crippen LogP contribution in [0.1, 0.15) is 29.9 Å². The number of nitrogens with zero attached hydrogens (tertiary/aromatic N) is 3. The number of rotatable bonds is 8. The van der Waals surface area contributed by atoms with Crippen LogP contribution in [0.5, 0.6) is 5.75 Å². The van der Waals surface area contributed by atoms with Crippen molar-refractivity contribution < 1.29 is 9.53 Å². The summed E-state index contributed by atoms with van der Waals surface area (Å²) in [5.74, 6) is 0.746. The Bertz CT molecular complexity index is 1100. The maximum atomic E-state index is 13.5. The van der Waals surface area contributed by atoms with E-state index < -0.39 is 0 Å². The number of aromatic nitrogens is 2. The monoisotopic (exact) mass is 405 g/mol. The molecule has 0 saturated carbocycles. The molecule has 2 aromatic carbocycles. The second kappa shape index (κ2) is 9.39. The zero-order valence-electron chi connectivity index (χ0n) is 17.7. The van der Waals surface area contributed by atoms with Gasteiger partial charge in [-0.2, -0.15) is 5.10 Å². The summed E-state index contributed by atoms with van der Waals surface area (Å²) >= 11 is 0. The van der Waals surface area contributed by atoms with Crippen LogP contribution in [0.3, 0.4) is 0 Å². The van der Waals surface area contributed by atoms with E-state index in [1.54, 1.807) is 36.3 Å². The highest BCUT2D eigenvalue weighted by Crippen LogP contribution is 2.18. The molecule has 3 aromatic rings. The van der Waals surface area contributed by atoms with Crippen LogP contribution in [-0.2, 0) is 13.1 Å². The molecule has 30 heavy (non-hydrogen) atoms. The van der Waals surface area contributed by atoms with Crippen molar-refractivity contribution >= 4 is 16.7 Å². The van der Waals surface area contributed by atoms with Gasteiger partial charge in [0.05, 0.1) is 12.5 Å². The van der Waals surface area contributed by atoms with Crippen LogP contribution in [0.2, 0.25) is 0 Å². The van der Waals surface area contributed by atoms with Gasteiger partial charge in [-0.25, -0.2) is 4.68 Å². The van der Waals surface area contributed by atoms with Gasteiger partial charge in [0.2, 0.25) is 0 Å². The van der Waals surface area contributed by atoms with E-state index in [9.17, 15) is 9.59 Å². The van der Waals surface area contributed by atoms with E-state index in [4.69, 9.17) is 4.74 Å². The van der Waals surface area contributed by atoms with E-state index in [0.29, 0.717) is 30.4 Å². The average molecular weight is 405 g/mol. The minimum Gasteiger partial charge on any atom is -0.497 e. The second-order valence-electron chi connectivity index (χ2n) is 7.60. The molecule has 0 saturated heterocycles. The van der Waals surface area contributed by atoms with E-state index in [1.165, 1.54) is 4.68 Å². The summed E-state index contributed by atoms with van der Waals surface area (Å²) in [6, 6.07) is 14.7. The summed E-state index contributed by atoms with van der Waals surface area (Å²) in [5.41, 5.74) is 1.06. The van der Waals surface area contributed by atoms with Gasteiger partial charge in [-0.05, 0) is 29.7 Å². The molecule has 0 spiro atoms. The van der Waals surface area contributed by atoms with Crippen molar-refractivity contribution in [2.24, 2.45) is 5.92 Å². The highest BCUT2D eigenvalue weighted by Gasteiger charge is 2.22. The Morgan fingerprint density at radius 2 is 1.83 bits per heavy atom. The lowest BCUT2D eigenvalue weighted by Gasteiger charge is -2.22. The fraction of sp³-hybridized carbons (Fsp3) is 0.292. The molecule has 1 heterocycles. The first-order valence-corrected chi connectivity index (χ1v) is 9.97. The van der Waals surface area contributed by atoms with Crippen LogP contribution < -0.4 is 10.3 Å². The molecule has 3 rings (SSSR count). The highest BCUT2D eigenvalue weighted by atomic mass is 16.5. The molecule has 0 aliphatic heterocycles. The molecule has 156 valence electrons. The number of benzene rings is 2. The van der Waals surface area contributed by atoms with Crippen LogP contribution in [0.15, 0.2) is 66.0 Å². The lowest BCUT2D eigenvalue weighted by molar-refractivity contribution is 0.0756. The number of methoxy groups -OCH3 is 1. The zero-order chi connectivity index (χ0) is 21.7. The third kappa shape index (κ3) is 4.59. The average Bonchev–Trinajstić information content (AvgIpc) is 2.75. The fourth-order valence-corrected chi connectivity index (χ4v) is 3.34. The predicted molar refractivity (Wildman–Crippen MR) is 119 cm³/mol. The molecule has 6 heteroatoms. The lowest BCUT2D eigenvalue weighted by atomic mass is 10.1. The third-order valence-electron chi connectivity index (χ3n) is 4.78. The number of fused-ring (bicyclic) bond motifs is 1. The number of hydrogen-bond donors (Lipinski definition) is 0. The summed E-state index contributed by atoms with van der Waals surface area (Å²) in [4.78, 5) is 28.0. The summed E-state index contributed by atoms with van der Waals surface area (Å²) in [5, 5.41) is 5.54. The van der Waals surface area contributed by atoms with Gasteiger partial charge in [-0.3, -0.25) is 9.59 Å². The SMILES string of the molecule is C=CCN(Cc1ccc(OC)cc1)C(=O)c1nn(CC(C)C)c(=O)c2ccccc12. The van der Waals surface area contributed by atoms with Gasteiger partial charge >= 0.3 is 0 Å². The molecule has 0 fully saturated rings. The van der Waals surface area contributed by atoms with Gasteiger partial charge in [0, 0.05) is 25.0 Å². The van der Waals surface area contributed by atoms with Crippen molar-refractivity contribution in [3.8, 4) is 5.75 Å². The van der Waals surface area contributed by atoms with Crippen LogP contribution >= 0.6 is 0 Å². The highest BCUT2D eigenvalue weighted by molar-refractivity contribution is 6.04. The second-order valence-corrected chi connectivity index (χ2v) is 7.60. The Morgan fingerprint density at radius 3 is 2.43 bits per heavy atom. The van der Waals surface area contributed by atoms with Gasteiger partial charge < -0.3 is 9.64 Å². The Morgan fingerprint density at radius 1 is 1.17 bits per heavy atom. The van der Waals surface area contributed by atoms with Gasteiger partial charge in [-0.15, -0.1) is 6.58 Å². The molecular formula is C24H27N3O3. The summed E-state index contributed by atoms with van der Waals surface area (Å²) < 4.78 is 6.61. The maximum absolute atomic E-state index is 13.5. The van der Waals surface area contributed by atoms with Crippen LogP contribution in [-0.4, -0.2) is 34.2 Å².